The second-order valence-corrected chi connectivity index (χ2v) is 3.10. The topological polar surface area (TPSA) is 29.3 Å². The van der Waals surface area contributed by atoms with Crippen LogP contribution >= 0.6 is 0 Å². The van der Waals surface area contributed by atoms with E-state index in [4.69, 9.17) is 5.73 Å². The van der Waals surface area contributed by atoms with Gasteiger partial charge in [-0.2, -0.15) is 0 Å². The largest absolute Gasteiger partial charge is 0.399 e. The molecule has 0 atom stereocenters. The highest BCUT2D eigenvalue weighted by atomic mass is 15.1. The van der Waals surface area contributed by atoms with Gasteiger partial charge in [0.25, 0.3) is 0 Å². The van der Waals surface area contributed by atoms with Gasteiger partial charge in [-0.25, -0.2) is 0 Å². The second kappa shape index (κ2) is 2.55. The van der Waals surface area contributed by atoms with E-state index in [0.29, 0.717) is 0 Å². The zero-order valence-corrected chi connectivity index (χ0v) is 7.12. The van der Waals surface area contributed by atoms with Crippen LogP contribution in [0.5, 0.6) is 0 Å². The van der Waals surface area contributed by atoms with Gasteiger partial charge in [0.05, 0.1) is 0 Å². The van der Waals surface area contributed by atoms with Crippen LogP contribution in [-0.4, -0.2) is 13.6 Å². The summed E-state index contributed by atoms with van der Waals surface area (Å²) in [5.41, 5.74) is 8.99. The van der Waals surface area contributed by atoms with Crippen LogP contribution in [0.3, 0.4) is 0 Å². The third kappa shape index (κ3) is 1.05. The Kier molecular flexibility index (Phi) is 1.54. The van der Waals surface area contributed by atoms with Gasteiger partial charge < -0.3 is 10.6 Å². The molecular weight excluding hydrogens is 148 g/mol. The molecule has 12 heavy (non-hydrogen) atoms. The van der Waals surface area contributed by atoms with E-state index in [2.05, 4.69) is 30.2 Å². The van der Waals surface area contributed by atoms with E-state index in [1.807, 2.05) is 12.1 Å². The molecule has 0 saturated carbocycles. The first-order valence-electron chi connectivity index (χ1n) is 4.04. The van der Waals surface area contributed by atoms with Crippen molar-refractivity contribution < 1.29 is 0 Å². The van der Waals surface area contributed by atoms with Crippen molar-refractivity contribution in [3.05, 3.63) is 29.8 Å². The third-order valence-corrected chi connectivity index (χ3v) is 2.14. The van der Waals surface area contributed by atoms with Crippen LogP contribution in [0.25, 0.3) is 6.08 Å². The summed E-state index contributed by atoms with van der Waals surface area (Å²) >= 11 is 0. The number of hydrogen-bond acceptors (Lipinski definition) is 2. The summed E-state index contributed by atoms with van der Waals surface area (Å²) in [6.45, 7) is 0.969. The van der Waals surface area contributed by atoms with Gasteiger partial charge in [0.2, 0.25) is 0 Å². The van der Waals surface area contributed by atoms with Crippen molar-refractivity contribution in [1.82, 2.24) is 0 Å². The number of hydrogen-bond donors (Lipinski definition) is 1. The number of nitrogens with two attached hydrogens (primary N) is 1. The minimum absolute atomic E-state index is 0.830. The zero-order chi connectivity index (χ0) is 8.55. The number of likely N-dealkylation sites (N-methyl/N-ethyl adjacent to an activating group) is 1. The fraction of sp³-hybridized carbons (Fsp3) is 0.200. The van der Waals surface area contributed by atoms with E-state index in [9.17, 15) is 0 Å². The van der Waals surface area contributed by atoms with Gasteiger partial charge in [-0.3, -0.25) is 0 Å². The van der Waals surface area contributed by atoms with Gasteiger partial charge >= 0.3 is 0 Å². The van der Waals surface area contributed by atoms with Crippen molar-refractivity contribution in [3.63, 3.8) is 0 Å². The maximum absolute atomic E-state index is 5.69. The van der Waals surface area contributed by atoms with Crippen molar-refractivity contribution in [2.75, 3.05) is 24.2 Å². The summed E-state index contributed by atoms with van der Waals surface area (Å²) in [5.74, 6) is 0. The molecule has 1 aromatic rings. The number of rotatable bonds is 0. The summed E-state index contributed by atoms with van der Waals surface area (Å²) in [7, 11) is 2.07. The van der Waals surface area contributed by atoms with Gasteiger partial charge in [0.1, 0.15) is 0 Å². The first-order valence-corrected chi connectivity index (χ1v) is 4.04. The second-order valence-electron chi connectivity index (χ2n) is 3.10. The average Bonchev–Trinajstić information content (AvgIpc) is 2.07. The molecule has 2 N–H and O–H groups in total. The number of benzene rings is 1. The summed E-state index contributed by atoms with van der Waals surface area (Å²) in [5, 5.41) is 0. The minimum atomic E-state index is 0.830. The molecule has 2 nitrogen and oxygen atoms in total. The van der Waals surface area contributed by atoms with E-state index in [0.717, 1.165) is 12.2 Å². The van der Waals surface area contributed by atoms with Gasteiger partial charge in [-0.1, -0.05) is 18.2 Å². The number of fused-ring (bicyclic) bond motifs is 1. The first kappa shape index (κ1) is 7.22. The van der Waals surface area contributed by atoms with Crippen LogP contribution in [0, 0.1) is 0 Å². The highest BCUT2D eigenvalue weighted by molar-refractivity contribution is 5.74. The Hall–Kier alpha value is -1.44. The summed E-state index contributed by atoms with van der Waals surface area (Å²) in [6, 6.07) is 6.00. The quantitative estimate of drug-likeness (QED) is 0.586. The molecule has 0 spiro atoms. The Balaban J connectivity index is 2.56. The molecule has 2 heteroatoms. The van der Waals surface area contributed by atoms with Crippen molar-refractivity contribution in [3.8, 4) is 0 Å². The maximum atomic E-state index is 5.69. The van der Waals surface area contributed by atoms with Crippen LogP contribution in [-0.2, 0) is 0 Å². The lowest BCUT2D eigenvalue weighted by molar-refractivity contribution is 1.02. The fourth-order valence-electron chi connectivity index (χ4n) is 1.47. The Morgan fingerprint density at radius 2 is 2.25 bits per heavy atom. The molecule has 1 heterocycles. The molecule has 1 aliphatic rings. The molecule has 0 unspecified atom stereocenters. The van der Waals surface area contributed by atoms with E-state index < -0.39 is 0 Å². The standard InChI is InChI=1S/C10H12N2/c1-12-6-2-3-8-4-5-9(11)7-10(8)12/h2-5,7H,6,11H2,1H3. The highest BCUT2D eigenvalue weighted by Crippen LogP contribution is 2.26. The van der Waals surface area contributed by atoms with Gasteiger partial charge in [0, 0.05) is 25.0 Å². The Morgan fingerprint density at radius 1 is 1.42 bits per heavy atom. The van der Waals surface area contributed by atoms with E-state index >= 15 is 0 Å². The molecule has 1 aliphatic heterocycles. The predicted molar refractivity (Wildman–Crippen MR) is 53.2 cm³/mol. The lowest BCUT2D eigenvalue weighted by atomic mass is 10.1. The van der Waals surface area contributed by atoms with Gasteiger partial charge in [0.15, 0.2) is 0 Å². The molecule has 0 aromatic heterocycles. The molecule has 0 aliphatic carbocycles. The lowest BCUT2D eigenvalue weighted by Gasteiger charge is -2.23. The van der Waals surface area contributed by atoms with Crippen LogP contribution in [0.4, 0.5) is 11.4 Å². The smallest absolute Gasteiger partial charge is 0.0460 e. The molecule has 0 radical (unpaired) electrons. The normalized spacial score (nSPS) is 14.6. The number of nitrogen functional groups attached to an aromatic ring is 1. The summed E-state index contributed by atoms with van der Waals surface area (Å²) in [6.07, 6.45) is 4.29. The van der Waals surface area contributed by atoms with Gasteiger partial charge in [-0.15, -0.1) is 0 Å². The lowest BCUT2D eigenvalue weighted by Crippen LogP contribution is -2.20. The predicted octanol–water partition coefficient (Wildman–Crippen LogP) is 1.73. The van der Waals surface area contributed by atoms with Crippen LogP contribution < -0.4 is 10.6 Å². The maximum Gasteiger partial charge on any atom is 0.0460 e. The van der Waals surface area contributed by atoms with E-state index in [1.54, 1.807) is 0 Å². The molecule has 0 saturated heterocycles. The Labute approximate surface area is 72.3 Å². The van der Waals surface area contributed by atoms with Crippen molar-refractivity contribution in [2.45, 2.75) is 0 Å². The molecule has 0 amide bonds. The SMILES string of the molecule is CN1CC=Cc2ccc(N)cc21. The highest BCUT2D eigenvalue weighted by Gasteiger charge is 2.08. The molecular formula is C10H12N2. The van der Waals surface area contributed by atoms with Gasteiger partial charge in [-0.05, 0) is 17.7 Å². The van der Waals surface area contributed by atoms with E-state index in [-0.39, 0.29) is 0 Å². The number of anilines is 2. The summed E-state index contributed by atoms with van der Waals surface area (Å²) < 4.78 is 0. The zero-order valence-electron chi connectivity index (χ0n) is 7.12. The molecule has 62 valence electrons. The van der Waals surface area contributed by atoms with Crippen molar-refractivity contribution in [2.24, 2.45) is 0 Å². The molecule has 2 rings (SSSR count). The molecule has 0 bridgehead atoms. The van der Waals surface area contributed by atoms with Crippen LogP contribution in [0.15, 0.2) is 24.3 Å². The minimum Gasteiger partial charge on any atom is -0.399 e. The van der Waals surface area contributed by atoms with Crippen molar-refractivity contribution in [1.29, 1.82) is 0 Å². The Morgan fingerprint density at radius 3 is 3.08 bits per heavy atom. The first-order chi connectivity index (χ1) is 5.77. The average molecular weight is 160 g/mol. The fourth-order valence-corrected chi connectivity index (χ4v) is 1.47. The summed E-state index contributed by atoms with van der Waals surface area (Å²) in [4.78, 5) is 2.19. The van der Waals surface area contributed by atoms with Crippen LogP contribution in [0.1, 0.15) is 5.56 Å². The molecule has 1 aromatic carbocycles. The third-order valence-electron chi connectivity index (χ3n) is 2.14. The number of nitrogens with zero attached hydrogens (tertiary/aromatic N) is 1. The monoisotopic (exact) mass is 160 g/mol. The van der Waals surface area contributed by atoms with E-state index in [1.165, 1.54) is 11.3 Å². The molecule has 0 fully saturated rings. The van der Waals surface area contributed by atoms with Crippen LogP contribution in [0.2, 0.25) is 0 Å². The Bertz CT molecular complexity index is 329. The van der Waals surface area contributed by atoms with Crippen molar-refractivity contribution >= 4 is 17.5 Å².